The maximum Gasteiger partial charge on any atom is 0.0786 e. The van der Waals surface area contributed by atoms with Crippen LogP contribution in [-0.2, 0) is 0 Å². The van der Waals surface area contributed by atoms with Crippen LogP contribution in [-0.4, -0.2) is 10.2 Å². The number of hydrogen-bond donors (Lipinski definition) is 2. The first-order valence-electron chi connectivity index (χ1n) is 3.40. The minimum Gasteiger partial charge on any atom is -0.277 e. The summed E-state index contributed by atoms with van der Waals surface area (Å²) in [6.07, 6.45) is 1.80. The Kier molecular flexibility index (Phi) is 1.39. The number of H-pyrrole nitrogens is 1. The van der Waals surface area contributed by atoms with Crippen molar-refractivity contribution >= 4 is 23.5 Å². The molecule has 2 rings (SSSR count). The molecule has 0 saturated carbocycles. The molecule has 1 N–H and O–H groups in total. The van der Waals surface area contributed by atoms with Gasteiger partial charge in [0.25, 0.3) is 0 Å². The molecule has 56 valence electrons. The van der Waals surface area contributed by atoms with Gasteiger partial charge in [-0.1, -0.05) is 12.1 Å². The summed E-state index contributed by atoms with van der Waals surface area (Å²) >= 11 is 4.36. The van der Waals surface area contributed by atoms with Crippen molar-refractivity contribution in [3.05, 3.63) is 23.9 Å². The molecule has 0 radical (unpaired) electrons. The van der Waals surface area contributed by atoms with Gasteiger partial charge in [0.2, 0.25) is 0 Å². The van der Waals surface area contributed by atoms with Crippen LogP contribution in [0.4, 0.5) is 0 Å². The molecule has 0 spiro atoms. The van der Waals surface area contributed by atoms with Crippen molar-refractivity contribution in [1.29, 1.82) is 0 Å². The summed E-state index contributed by atoms with van der Waals surface area (Å²) in [6, 6.07) is 4.08. The lowest BCUT2D eigenvalue weighted by Crippen LogP contribution is -1.77. The van der Waals surface area contributed by atoms with E-state index >= 15 is 0 Å². The first-order valence-corrected chi connectivity index (χ1v) is 3.85. The van der Waals surface area contributed by atoms with E-state index in [0.717, 1.165) is 15.8 Å². The van der Waals surface area contributed by atoms with Crippen molar-refractivity contribution in [2.75, 3.05) is 0 Å². The van der Waals surface area contributed by atoms with Crippen LogP contribution in [0.15, 0.2) is 23.2 Å². The molecule has 2 aromatic rings. The van der Waals surface area contributed by atoms with Crippen LogP contribution in [0.2, 0.25) is 0 Å². The number of nitrogens with one attached hydrogen (secondary N) is 1. The predicted octanol–water partition coefficient (Wildman–Crippen LogP) is 2.16. The molecule has 0 aliphatic carbocycles. The van der Waals surface area contributed by atoms with E-state index < -0.39 is 0 Å². The van der Waals surface area contributed by atoms with Gasteiger partial charge in [-0.05, 0) is 12.5 Å². The number of thiol groups is 1. The number of fused-ring (bicyclic) bond motifs is 1. The van der Waals surface area contributed by atoms with Gasteiger partial charge < -0.3 is 0 Å². The van der Waals surface area contributed by atoms with E-state index in [2.05, 4.69) is 22.8 Å². The topological polar surface area (TPSA) is 28.7 Å². The number of nitrogens with zero attached hydrogens (tertiary/aromatic N) is 1. The third kappa shape index (κ3) is 0.922. The minimum absolute atomic E-state index is 0.986. The van der Waals surface area contributed by atoms with Crippen molar-refractivity contribution < 1.29 is 0 Å². The quantitative estimate of drug-likeness (QED) is 0.574. The Morgan fingerprint density at radius 2 is 2.27 bits per heavy atom. The van der Waals surface area contributed by atoms with Gasteiger partial charge in [0.1, 0.15) is 0 Å². The normalized spacial score (nSPS) is 10.7. The van der Waals surface area contributed by atoms with Gasteiger partial charge in [-0.15, -0.1) is 12.6 Å². The van der Waals surface area contributed by atoms with Crippen LogP contribution in [0.25, 0.3) is 10.9 Å². The number of aromatic nitrogens is 2. The number of aromatic amines is 1. The van der Waals surface area contributed by atoms with Crippen molar-refractivity contribution in [2.24, 2.45) is 0 Å². The van der Waals surface area contributed by atoms with Gasteiger partial charge in [-0.3, -0.25) is 5.10 Å². The second-order valence-corrected chi connectivity index (χ2v) is 3.01. The molecule has 0 atom stereocenters. The number of aryl methyl sites for hydroxylation is 1. The molecule has 0 amide bonds. The molecule has 0 saturated heterocycles. The minimum atomic E-state index is 0.986. The van der Waals surface area contributed by atoms with E-state index in [9.17, 15) is 0 Å². The first kappa shape index (κ1) is 6.73. The third-order valence-corrected chi connectivity index (χ3v) is 2.37. The Morgan fingerprint density at radius 3 is 3.09 bits per heavy atom. The van der Waals surface area contributed by atoms with Gasteiger partial charge in [-0.2, -0.15) is 5.10 Å². The van der Waals surface area contributed by atoms with Gasteiger partial charge in [-0.25, -0.2) is 0 Å². The third-order valence-electron chi connectivity index (χ3n) is 1.79. The molecule has 0 fully saturated rings. The SMILES string of the molecule is Cc1ccc2cn[nH]c2c1S. The van der Waals surface area contributed by atoms with E-state index in [0.29, 0.717) is 0 Å². The molecule has 1 aromatic carbocycles. The average Bonchev–Trinajstić information content (AvgIpc) is 2.45. The summed E-state index contributed by atoms with van der Waals surface area (Å²) in [5.41, 5.74) is 2.19. The van der Waals surface area contributed by atoms with E-state index in [1.54, 1.807) is 6.20 Å². The Labute approximate surface area is 70.0 Å². The average molecular weight is 164 g/mol. The van der Waals surface area contributed by atoms with E-state index in [1.165, 1.54) is 5.56 Å². The zero-order chi connectivity index (χ0) is 7.84. The van der Waals surface area contributed by atoms with E-state index in [1.807, 2.05) is 19.1 Å². The fourth-order valence-corrected chi connectivity index (χ4v) is 1.36. The Morgan fingerprint density at radius 1 is 1.45 bits per heavy atom. The summed E-state index contributed by atoms with van der Waals surface area (Å²) in [5, 5.41) is 7.94. The molecule has 11 heavy (non-hydrogen) atoms. The molecule has 0 unspecified atom stereocenters. The lowest BCUT2D eigenvalue weighted by molar-refractivity contribution is 1.10. The summed E-state index contributed by atoms with van der Waals surface area (Å²) in [6.45, 7) is 2.03. The second-order valence-electron chi connectivity index (χ2n) is 2.57. The van der Waals surface area contributed by atoms with E-state index in [4.69, 9.17) is 0 Å². The van der Waals surface area contributed by atoms with Crippen molar-refractivity contribution in [2.45, 2.75) is 11.8 Å². The Balaban J connectivity index is 2.93. The van der Waals surface area contributed by atoms with Gasteiger partial charge in [0, 0.05) is 10.3 Å². The van der Waals surface area contributed by atoms with Crippen LogP contribution < -0.4 is 0 Å². The molecule has 1 aromatic heterocycles. The highest BCUT2D eigenvalue weighted by atomic mass is 32.1. The van der Waals surface area contributed by atoms with Crippen molar-refractivity contribution in [3.63, 3.8) is 0 Å². The maximum absolute atomic E-state index is 4.36. The van der Waals surface area contributed by atoms with Crippen LogP contribution in [0.1, 0.15) is 5.56 Å². The molecule has 0 aliphatic heterocycles. The zero-order valence-electron chi connectivity index (χ0n) is 6.13. The summed E-state index contributed by atoms with van der Waals surface area (Å²) in [7, 11) is 0. The molecular formula is C8H8N2S. The monoisotopic (exact) mass is 164 g/mol. The largest absolute Gasteiger partial charge is 0.277 e. The van der Waals surface area contributed by atoms with Gasteiger partial charge in [0.05, 0.1) is 11.7 Å². The van der Waals surface area contributed by atoms with E-state index in [-0.39, 0.29) is 0 Å². The summed E-state index contributed by atoms with van der Waals surface area (Å²) in [4.78, 5) is 0.986. The van der Waals surface area contributed by atoms with Crippen molar-refractivity contribution in [3.8, 4) is 0 Å². The molecule has 1 heterocycles. The highest BCUT2D eigenvalue weighted by molar-refractivity contribution is 7.80. The molecule has 0 bridgehead atoms. The molecule has 0 aliphatic rings. The lowest BCUT2D eigenvalue weighted by atomic mass is 10.2. The lowest BCUT2D eigenvalue weighted by Gasteiger charge is -1.97. The number of hydrogen-bond acceptors (Lipinski definition) is 2. The van der Waals surface area contributed by atoms with Crippen LogP contribution in [0, 0.1) is 6.92 Å². The summed E-state index contributed by atoms with van der Waals surface area (Å²) < 4.78 is 0. The fraction of sp³-hybridized carbons (Fsp3) is 0.125. The highest BCUT2D eigenvalue weighted by Gasteiger charge is 2.00. The fourth-order valence-electron chi connectivity index (χ4n) is 1.10. The molecule has 3 heteroatoms. The molecule has 2 nitrogen and oxygen atoms in total. The first-order chi connectivity index (χ1) is 5.29. The number of benzene rings is 1. The Bertz CT molecular complexity index is 392. The maximum atomic E-state index is 4.36. The van der Waals surface area contributed by atoms with Crippen LogP contribution >= 0.6 is 12.6 Å². The number of rotatable bonds is 0. The van der Waals surface area contributed by atoms with Gasteiger partial charge >= 0.3 is 0 Å². The highest BCUT2D eigenvalue weighted by Crippen LogP contribution is 2.22. The zero-order valence-corrected chi connectivity index (χ0v) is 7.02. The predicted molar refractivity (Wildman–Crippen MR) is 48.1 cm³/mol. The second kappa shape index (κ2) is 2.27. The van der Waals surface area contributed by atoms with Crippen LogP contribution in [0.3, 0.4) is 0 Å². The standard InChI is InChI=1S/C8H8N2S/c1-5-2-3-6-4-9-10-7(6)8(5)11/h2-4,11H,1H3,(H,9,10). The Hall–Kier alpha value is -0.960. The smallest absolute Gasteiger partial charge is 0.0786 e. The summed E-state index contributed by atoms with van der Waals surface area (Å²) in [5.74, 6) is 0. The van der Waals surface area contributed by atoms with Crippen molar-refractivity contribution in [1.82, 2.24) is 10.2 Å². The van der Waals surface area contributed by atoms with Gasteiger partial charge in [0.15, 0.2) is 0 Å². The molecular weight excluding hydrogens is 156 g/mol. The van der Waals surface area contributed by atoms with Crippen LogP contribution in [0.5, 0.6) is 0 Å².